The van der Waals surface area contributed by atoms with Crippen molar-refractivity contribution >= 4 is 33.4 Å². The lowest BCUT2D eigenvalue weighted by molar-refractivity contribution is -0.137. The van der Waals surface area contributed by atoms with Crippen molar-refractivity contribution in [2.75, 3.05) is 11.0 Å². The summed E-state index contributed by atoms with van der Waals surface area (Å²) in [6.07, 6.45) is -2.23. The third-order valence-corrected chi connectivity index (χ3v) is 5.56. The summed E-state index contributed by atoms with van der Waals surface area (Å²) in [5.41, 5.74) is 0.178. The molecule has 2 aromatic rings. The van der Waals surface area contributed by atoms with Crippen LogP contribution in [0.3, 0.4) is 0 Å². The maximum atomic E-state index is 13.8. The number of hydroxylamine groups is 1. The van der Waals surface area contributed by atoms with Gasteiger partial charge in [0.15, 0.2) is 0 Å². The van der Waals surface area contributed by atoms with Crippen molar-refractivity contribution in [2.45, 2.75) is 31.9 Å². The van der Waals surface area contributed by atoms with Crippen molar-refractivity contribution in [3.8, 4) is 23.7 Å². The van der Waals surface area contributed by atoms with Gasteiger partial charge in [0.2, 0.25) is 15.9 Å². The van der Waals surface area contributed by atoms with E-state index in [2.05, 4.69) is 33.7 Å². The minimum atomic E-state index is -3.38. The fourth-order valence-electron chi connectivity index (χ4n) is 3.15. The van der Waals surface area contributed by atoms with Gasteiger partial charge in [0.05, 0.1) is 6.26 Å². The molecule has 3 amide bonds. The molecule has 0 fully saturated rings. The average Bonchev–Trinajstić information content (AvgIpc) is 2.84. The van der Waals surface area contributed by atoms with Gasteiger partial charge >= 0.3 is 0 Å². The van der Waals surface area contributed by atoms with Crippen LogP contribution in [0.5, 0.6) is 0 Å². The van der Waals surface area contributed by atoms with Gasteiger partial charge in [-0.25, -0.2) is 22.7 Å². The molecule has 2 atom stereocenters. The number of amides is 3. The minimum absolute atomic E-state index is 0.000363. The van der Waals surface area contributed by atoms with Crippen LogP contribution in [-0.2, 0) is 19.6 Å². The molecular weight excluding hydrogens is 522 g/mol. The summed E-state index contributed by atoms with van der Waals surface area (Å²) in [4.78, 5) is 36.1. The lowest BCUT2D eigenvalue weighted by Gasteiger charge is -2.36. The smallest absolute Gasteiger partial charge is 0.268 e. The van der Waals surface area contributed by atoms with E-state index < -0.39 is 45.8 Å². The van der Waals surface area contributed by atoms with Gasteiger partial charge in [-0.05, 0) is 67.3 Å². The van der Waals surface area contributed by atoms with Crippen LogP contribution in [0.15, 0.2) is 48.5 Å². The molecule has 0 aliphatic heterocycles. The molecular formula is C25H24F2N4O6S. The first-order valence-electron chi connectivity index (χ1n) is 10.8. The highest BCUT2D eigenvalue weighted by Crippen LogP contribution is 2.21. The standard InChI is InChI=1S/C25H24F2N4O6S/c1-16(32)29-25(2,24(26)27)21(23(34)30-35)28-22(33)19-12-8-17(9-13-19)6-4-5-7-18-10-14-20(15-11-18)31-38(3,36)37/h8-15,21,24,31,35H,1-3H3,(H,28,33)(H,29,32)(H,30,34). The van der Waals surface area contributed by atoms with Gasteiger partial charge in [-0.3, -0.25) is 24.3 Å². The Balaban J connectivity index is 2.13. The quantitative estimate of drug-likeness (QED) is 0.191. The highest BCUT2D eigenvalue weighted by atomic mass is 32.2. The van der Waals surface area contributed by atoms with Gasteiger partial charge in [-0.1, -0.05) is 11.8 Å². The number of halogens is 2. The SMILES string of the molecule is CC(=O)NC(C)(C(F)F)C(NC(=O)c1ccc(C#CC#Cc2ccc(NS(C)(=O)=O)cc2)cc1)C(=O)NO. The molecule has 38 heavy (non-hydrogen) atoms. The number of sulfonamides is 1. The number of alkyl halides is 2. The number of benzene rings is 2. The molecule has 0 bridgehead atoms. The van der Waals surface area contributed by atoms with E-state index in [0.29, 0.717) is 16.8 Å². The number of nitrogens with one attached hydrogen (secondary N) is 4. The summed E-state index contributed by atoms with van der Waals surface area (Å²) < 4.78 is 52.3. The van der Waals surface area contributed by atoms with Crippen molar-refractivity contribution in [1.82, 2.24) is 16.1 Å². The Hall–Kier alpha value is -4.46. The van der Waals surface area contributed by atoms with E-state index in [1.54, 1.807) is 24.3 Å². The largest absolute Gasteiger partial charge is 0.343 e. The Kier molecular flexibility index (Phi) is 9.93. The normalized spacial score (nSPS) is 12.9. The molecule has 2 aromatic carbocycles. The van der Waals surface area contributed by atoms with Crippen LogP contribution in [0.2, 0.25) is 0 Å². The zero-order valence-electron chi connectivity index (χ0n) is 20.4. The summed E-state index contributed by atoms with van der Waals surface area (Å²) in [7, 11) is -3.38. The van der Waals surface area contributed by atoms with Crippen LogP contribution >= 0.6 is 0 Å². The van der Waals surface area contributed by atoms with Crippen LogP contribution < -0.4 is 20.8 Å². The second kappa shape index (κ2) is 12.7. The first-order valence-corrected chi connectivity index (χ1v) is 12.7. The fourth-order valence-corrected chi connectivity index (χ4v) is 3.71. The van der Waals surface area contributed by atoms with Crippen LogP contribution in [0.4, 0.5) is 14.5 Å². The number of carbonyl (C=O) groups is 3. The Morgan fingerprint density at radius 2 is 1.45 bits per heavy atom. The molecule has 0 spiro atoms. The summed E-state index contributed by atoms with van der Waals surface area (Å²) in [5, 5.41) is 13.0. The molecule has 0 aliphatic carbocycles. The number of hydrogen-bond donors (Lipinski definition) is 5. The Morgan fingerprint density at radius 3 is 1.87 bits per heavy atom. The molecule has 0 aliphatic rings. The van der Waals surface area contributed by atoms with Crippen molar-refractivity contribution < 1.29 is 36.8 Å². The third kappa shape index (κ3) is 8.58. The first kappa shape index (κ1) is 29.8. The monoisotopic (exact) mass is 546 g/mol. The van der Waals surface area contributed by atoms with E-state index in [1.165, 1.54) is 29.7 Å². The minimum Gasteiger partial charge on any atom is -0.343 e. The molecule has 2 rings (SSSR count). The Morgan fingerprint density at radius 1 is 0.947 bits per heavy atom. The van der Waals surface area contributed by atoms with Crippen LogP contribution in [-0.4, -0.2) is 55.6 Å². The summed E-state index contributed by atoms with van der Waals surface area (Å²) in [5.74, 6) is 7.69. The number of anilines is 1. The topological polar surface area (TPSA) is 154 Å². The lowest BCUT2D eigenvalue weighted by atomic mass is 9.91. The second-order valence-electron chi connectivity index (χ2n) is 8.18. The molecule has 200 valence electrons. The van der Waals surface area contributed by atoms with Gasteiger partial charge in [0.25, 0.3) is 18.2 Å². The lowest BCUT2D eigenvalue weighted by Crippen LogP contribution is -2.68. The summed E-state index contributed by atoms with van der Waals surface area (Å²) in [6, 6.07) is 9.95. The molecule has 0 aromatic heterocycles. The maximum Gasteiger partial charge on any atom is 0.268 e. The van der Waals surface area contributed by atoms with E-state index in [9.17, 15) is 31.6 Å². The van der Waals surface area contributed by atoms with Gasteiger partial charge in [-0.2, -0.15) is 0 Å². The number of hydrogen-bond acceptors (Lipinski definition) is 6. The zero-order valence-corrected chi connectivity index (χ0v) is 21.2. The van der Waals surface area contributed by atoms with Crippen molar-refractivity contribution in [3.05, 3.63) is 65.2 Å². The Labute approximate surface area is 218 Å². The predicted molar refractivity (Wildman–Crippen MR) is 135 cm³/mol. The average molecular weight is 547 g/mol. The highest BCUT2D eigenvalue weighted by Gasteiger charge is 2.48. The van der Waals surface area contributed by atoms with Crippen LogP contribution in [0.1, 0.15) is 35.3 Å². The van der Waals surface area contributed by atoms with E-state index in [0.717, 1.165) is 20.1 Å². The highest BCUT2D eigenvalue weighted by molar-refractivity contribution is 7.92. The number of carbonyl (C=O) groups excluding carboxylic acids is 3. The van der Waals surface area contributed by atoms with Crippen LogP contribution in [0, 0.1) is 23.7 Å². The molecule has 0 heterocycles. The van der Waals surface area contributed by atoms with Crippen molar-refractivity contribution in [3.63, 3.8) is 0 Å². The molecule has 0 radical (unpaired) electrons. The van der Waals surface area contributed by atoms with E-state index >= 15 is 0 Å². The molecule has 5 N–H and O–H groups in total. The summed E-state index contributed by atoms with van der Waals surface area (Å²) >= 11 is 0. The van der Waals surface area contributed by atoms with Gasteiger partial charge in [-0.15, -0.1) is 0 Å². The van der Waals surface area contributed by atoms with E-state index in [1.807, 2.05) is 5.32 Å². The molecule has 2 unspecified atom stereocenters. The van der Waals surface area contributed by atoms with Crippen molar-refractivity contribution in [2.24, 2.45) is 0 Å². The number of rotatable bonds is 8. The second-order valence-corrected chi connectivity index (χ2v) is 9.92. The Bertz CT molecular complexity index is 1420. The van der Waals surface area contributed by atoms with Gasteiger partial charge in [0.1, 0.15) is 11.6 Å². The molecule has 13 heteroatoms. The molecule has 10 nitrogen and oxygen atoms in total. The van der Waals surface area contributed by atoms with Crippen LogP contribution in [0.25, 0.3) is 0 Å². The third-order valence-electron chi connectivity index (χ3n) is 4.96. The van der Waals surface area contributed by atoms with Gasteiger partial charge in [0, 0.05) is 29.3 Å². The molecule has 0 saturated heterocycles. The van der Waals surface area contributed by atoms with Gasteiger partial charge < -0.3 is 10.6 Å². The van der Waals surface area contributed by atoms with E-state index in [-0.39, 0.29) is 5.56 Å². The first-order chi connectivity index (χ1) is 17.7. The fraction of sp³-hybridized carbons (Fsp3) is 0.240. The maximum absolute atomic E-state index is 13.8. The zero-order chi connectivity index (χ0) is 28.5. The van der Waals surface area contributed by atoms with E-state index in [4.69, 9.17) is 5.21 Å². The molecule has 0 saturated carbocycles. The van der Waals surface area contributed by atoms with Crippen molar-refractivity contribution in [1.29, 1.82) is 0 Å². The predicted octanol–water partition coefficient (Wildman–Crippen LogP) is 1.22. The summed E-state index contributed by atoms with van der Waals surface area (Å²) in [6.45, 7) is 1.83.